The fourth-order valence-corrected chi connectivity index (χ4v) is 3.63. The summed E-state index contributed by atoms with van der Waals surface area (Å²) in [4.78, 5) is 1.17. The number of fused-ring (bicyclic) bond motifs is 1. The van der Waals surface area contributed by atoms with Gasteiger partial charge in [0.25, 0.3) is 0 Å². The molecule has 1 aliphatic rings. The van der Waals surface area contributed by atoms with Crippen LogP contribution in [0.4, 0.5) is 5.69 Å². The number of anilines is 1. The van der Waals surface area contributed by atoms with Crippen LogP contribution in [0, 0.1) is 0 Å². The first kappa shape index (κ1) is 12.4. The third-order valence-corrected chi connectivity index (χ3v) is 4.81. The van der Waals surface area contributed by atoms with Crippen molar-refractivity contribution in [2.75, 3.05) is 18.6 Å². The van der Waals surface area contributed by atoms with Gasteiger partial charge in [0, 0.05) is 22.4 Å². The predicted octanol–water partition coefficient (Wildman–Crippen LogP) is 3.71. The van der Waals surface area contributed by atoms with Gasteiger partial charge in [0.15, 0.2) is 0 Å². The fourth-order valence-electron chi connectivity index (χ4n) is 2.51. The van der Waals surface area contributed by atoms with Crippen LogP contribution in [0.1, 0.15) is 17.0 Å². The first-order valence-electron chi connectivity index (χ1n) is 6.42. The van der Waals surface area contributed by atoms with Crippen molar-refractivity contribution < 1.29 is 4.74 Å². The lowest BCUT2D eigenvalue weighted by molar-refractivity contribution is 0.405. The number of hydrogen-bond donors (Lipinski definition) is 1. The second kappa shape index (κ2) is 5.17. The van der Waals surface area contributed by atoms with Crippen molar-refractivity contribution in [2.45, 2.75) is 17.2 Å². The van der Waals surface area contributed by atoms with E-state index in [4.69, 9.17) is 10.5 Å². The zero-order chi connectivity index (χ0) is 13.2. The Balaban J connectivity index is 1.68. The van der Waals surface area contributed by atoms with E-state index in [0.717, 1.165) is 17.2 Å². The highest BCUT2D eigenvalue weighted by atomic mass is 32.2. The molecule has 3 rings (SSSR count). The van der Waals surface area contributed by atoms with Gasteiger partial charge < -0.3 is 10.5 Å². The van der Waals surface area contributed by atoms with Gasteiger partial charge in [0.2, 0.25) is 0 Å². The van der Waals surface area contributed by atoms with Gasteiger partial charge in [-0.3, -0.25) is 0 Å². The number of nitrogens with two attached hydrogens (primary N) is 1. The SMILES string of the molecule is COc1cc(N)ccc1SCC1Cc2ccccc21. The first-order valence-corrected chi connectivity index (χ1v) is 7.40. The average Bonchev–Trinajstić information content (AvgIpc) is 2.41. The summed E-state index contributed by atoms with van der Waals surface area (Å²) in [7, 11) is 1.69. The van der Waals surface area contributed by atoms with Gasteiger partial charge in [-0.25, -0.2) is 0 Å². The van der Waals surface area contributed by atoms with Gasteiger partial charge in [-0.15, -0.1) is 11.8 Å². The van der Waals surface area contributed by atoms with Crippen LogP contribution in [0.15, 0.2) is 47.4 Å². The second-order valence-corrected chi connectivity index (χ2v) is 5.88. The molecule has 1 unspecified atom stereocenters. The summed E-state index contributed by atoms with van der Waals surface area (Å²) in [6, 6.07) is 14.6. The molecule has 0 heterocycles. The minimum atomic E-state index is 0.670. The molecule has 0 saturated carbocycles. The van der Waals surface area contributed by atoms with Crippen LogP contribution in [-0.4, -0.2) is 12.9 Å². The van der Waals surface area contributed by atoms with Crippen molar-refractivity contribution in [1.82, 2.24) is 0 Å². The van der Waals surface area contributed by atoms with Gasteiger partial charge in [-0.05, 0) is 35.6 Å². The van der Waals surface area contributed by atoms with Crippen LogP contribution in [0.2, 0.25) is 0 Å². The summed E-state index contributed by atoms with van der Waals surface area (Å²) < 4.78 is 5.38. The Labute approximate surface area is 118 Å². The molecule has 2 nitrogen and oxygen atoms in total. The van der Waals surface area contributed by atoms with Crippen LogP contribution in [-0.2, 0) is 6.42 Å². The largest absolute Gasteiger partial charge is 0.496 e. The normalized spacial score (nSPS) is 16.6. The molecule has 1 aliphatic carbocycles. The van der Waals surface area contributed by atoms with Crippen molar-refractivity contribution in [3.63, 3.8) is 0 Å². The van der Waals surface area contributed by atoms with E-state index in [2.05, 4.69) is 24.3 Å². The molecule has 0 spiro atoms. The minimum absolute atomic E-state index is 0.670. The molecule has 2 aromatic rings. The van der Waals surface area contributed by atoms with Crippen LogP contribution in [0.25, 0.3) is 0 Å². The van der Waals surface area contributed by atoms with Gasteiger partial charge in [-0.1, -0.05) is 24.3 Å². The third kappa shape index (κ3) is 2.43. The quantitative estimate of drug-likeness (QED) is 0.680. The summed E-state index contributed by atoms with van der Waals surface area (Å²) in [5, 5.41) is 0. The molecule has 2 aromatic carbocycles. The number of hydrogen-bond acceptors (Lipinski definition) is 3. The summed E-state index contributed by atoms with van der Waals surface area (Å²) >= 11 is 1.85. The highest BCUT2D eigenvalue weighted by Gasteiger charge is 2.25. The Morgan fingerprint density at radius 1 is 1.26 bits per heavy atom. The van der Waals surface area contributed by atoms with Crippen LogP contribution < -0.4 is 10.5 Å². The minimum Gasteiger partial charge on any atom is -0.496 e. The maximum atomic E-state index is 5.77. The molecule has 0 saturated heterocycles. The molecule has 1 atom stereocenters. The van der Waals surface area contributed by atoms with E-state index < -0.39 is 0 Å². The summed E-state index contributed by atoms with van der Waals surface area (Å²) in [5.41, 5.74) is 9.52. The Kier molecular flexibility index (Phi) is 3.38. The van der Waals surface area contributed by atoms with Crippen molar-refractivity contribution >= 4 is 17.4 Å². The highest BCUT2D eigenvalue weighted by Crippen LogP contribution is 2.40. The Bertz CT molecular complexity index is 597. The van der Waals surface area contributed by atoms with E-state index in [0.29, 0.717) is 5.92 Å². The molecule has 0 amide bonds. The molecule has 3 heteroatoms. The van der Waals surface area contributed by atoms with Gasteiger partial charge in [0.1, 0.15) is 5.75 Å². The van der Waals surface area contributed by atoms with Crippen LogP contribution in [0.3, 0.4) is 0 Å². The standard InChI is InChI=1S/C16H17NOS/c1-18-15-9-13(17)6-7-16(15)19-10-12-8-11-4-2-3-5-14(11)12/h2-7,9,12H,8,10,17H2,1H3. The van der Waals surface area contributed by atoms with Crippen LogP contribution >= 0.6 is 11.8 Å². The van der Waals surface area contributed by atoms with E-state index in [1.165, 1.54) is 22.4 Å². The smallest absolute Gasteiger partial charge is 0.134 e. The number of thioether (sulfide) groups is 1. The van der Waals surface area contributed by atoms with E-state index in [1.807, 2.05) is 30.0 Å². The molecule has 0 radical (unpaired) electrons. The van der Waals surface area contributed by atoms with Crippen molar-refractivity contribution in [1.29, 1.82) is 0 Å². The molecule has 98 valence electrons. The molecular weight excluding hydrogens is 254 g/mol. The number of ether oxygens (including phenoxy) is 1. The van der Waals surface area contributed by atoms with E-state index in [-0.39, 0.29) is 0 Å². The van der Waals surface area contributed by atoms with Gasteiger partial charge in [-0.2, -0.15) is 0 Å². The number of rotatable bonds is 4. The molecule has 0 fully saturated rings. The molecule has 0 aromatic heterocycles. The number of nitrogen functional groups attached to an aromatic ring is 1. The Morgan fingerprint density at radius 3 is 2.89 bits per heavy atom. The number of methoxy groups -OCH3 is 1. The predicted molar refractivity (Wildman–Crippen MR) is 81.0 cm³/mol. The van der Waals surface area contributed by atoms with Crippen molar-refractivity contribution in [2.24, 2.45) is 0 Å². The number of benzene rings is 2. The zero-order valence-corrected chi connectivity index (χ0v) is 11.7. The lowest BCUT2D eigenvalue weighted by Crippen LogP contribution is -2.18. The summed E-state index contributed by atoms with van der Waals surface area (Å²) in [6.07, 6.45) is 1.19. The fraction of sp³-hybridized carbons (Fsp3) is 0.250. The average molecular weight is 271 g/mol. The Hall–Kier alpha value is -1.61. The van der Waals surface area contributed by atoms with Gasteiger partial charge >= 0.3 is 0 Å². The van der Waals surface area contributed by atoms with Crippen molar-refractivity contribution in [3.8, 4) is 5.75 Å². The second-order valence-electron chi connectivity index (χ2n) is 4.82. The van der Waals surface area contributed by atoms with E-state index in [9.17, 15) is 0 Å². The lowest BCUT2D eigenvalue weighted by Gasteiger charge is -2.29. The van der Waals surface area contributed by atoms with E-state index >= 15 is 0 Å². The zero-order valence-electron chi connectivity index (χ0n) is 10.9. The lowest BCUT2D eigenvalue weighted by atomic mass is 9.79. The topological polar surface area (TPSA) is 35.2 Å². The molecule has 19 heavy (non-hydrogen) atoms. The first-order chi connectivity index (χ1) is 9.28. The maximum Gasteiger partial charge on any atom is 0.134 e. The molecule has 0 bridgehead atoms. The highest BCUT2D eigenvalue weighted by molar-refractivity contribution is 7.99. The Morgan fingerprint density at radius 2 is 2.11 bits per heavy atom. The monoisotopic (exact) mass is 271 g/mol. The summed E-state index contributed by atoms with van der Waals surface area (Å²) in [6.45, 7) is 0. The van der Waals surface area contributed by atoms with Crippen molar-refractivity contribution in [3.05, 3.63) is 53.6 Å². The van der Waals surface area contributed by atoms with Crippen LogP contribution in [0.5, 0.6) is 5.75 Å². The van der Waals surface area contributed by atoms with Gasteiger partial charge in [0.05, 0.1) is 7.11 Å². The van der Waals surface area contributed by atoms with E-state index in [1.54, 1.807) is 7.11 Å². The summed E-state index contributed by atoms with van der Waals surface area (Å²) in [5.74, 6) is 2.64. The third-order valence-electron chi connectivity index (χ3n) is 3.59. The maximum absolute atomic E-state index is 5.77. The molecule has 0 aliphatic heterocycles. The molecule has 2 N–H and O–H groups in total. The molecular formula is C16H17NOS.